The molecule has 0 aromatic carbocycles. The summed E-state index contributed by atoms with van der Waals surface area (Å²) in [7, 11) is 2.25. The molecule has 1 saturated carbocycles. The van der Waals surface area contributed by atoms with Crippen molar-refractivity contribution in [3.63, 3.8) is 0 Å². The molecule has 28 heavy (non-hydrogen) atoms. The van der Waals surface area contributed by atoms with Gasteiger partial charge in [-0.15, -0.1) is 24.0 Å². The number of anilines is 1. The second-order valence-electron chi connectivity index (χ2n) is 7.48. The van der Waals surface area contributed by atoms with E-state index in [1.807, 2.05) is 0 Å². The summed E-state index contributed by atoms with van der Waals surface area (Å²) >= 11 is 1.52. The van der Waals surface area contributed by atoms with Gasteiger partial charge in [0.25, 0.3) is 0 Å². The van der Waals surface area contributed by atoms with Crippen molar-refractivity contribution in [1.82, 2.24) is 24.5 Å². The maximum atomic E-state index is 4.91. The first-order valence-electron chi connectivity index (χ1n) is 10.5. The molecule has 3 rings (SSSR count). The van der Waals surface area contributed by atoms with Crippen molar-refractivity contribution in [2.45, 2.75) is 52.0 Å². The first kappa shape index (κ1) is 23.6. The number of halogens is 1. The SMILES string of the molecule is CCNC(=NCCN(C)C1CCCC1)N1CCN(c2nc(CC)ns2)CC1.I. The largest absolute Gasteiger partial charge is 0.357 e. The minimum absolute atomic E-state index is 0. The highest BCUT2D eigenvalue weighted by molar-refractivity contribution is 14.0. The molecule has 1 aliphatic carbocycles. The number of aliphatic imine (C=N–C) groups is 1. The van der Waals surface area contributed by atoms with Gasteiger partial charge in [-0.3, -0.25) is 4.99 Å². The lowest BCUT2D eigenvalue weighted by Crippen LogP contribution is -2.52. The van der Waals surface area contributed by atoms with Crippen LogP contribution in [-0.2, 0) is 6.42 Å². The monoisotopic (exact) mass is 521 g/mol. The van der Waals surface area contributed by atoms with Crippen molar-refractivity contribution in [2.75, 3.05) is 57.8 Å². The molecule has 0 unspecified atom stereocenters. The molecule has 1 N–H and O–H groups in total. The van der Waals surface area contributed by atoms with Crippen LogP contribution < -0.4 is 10.2 Å². The molecule has 1 saturated heterocycles. The first-order chi connectivity index (χ1) is 13.2. The summed E-state index contributed by atoms with van der Waals surface area (Å²) < 4.78 is 4.42. The Bertz CT molecular complexity index is 595. The Morgan fingerprint density at radius 1 is 1.21 bits per heavy atom. The van der Waals surface area contributed by atoms with E-state index in [2.05, 4.69) is 50.3 Å². The van der Waals surface area contributed by atoms with E-state index in [1.54, 1.807) is 0 Å². The van der Waals surface area contributed by atoms with Gasteiger partial charge in [-0.1, -0.05) is 19.8 Å². The highest BCUT2D eigenvalue weighted by Crippen LogP contribution is 2.22. The third kappa shape index (κ3) is 6.41. The van der Waals surface area contributed by atoms with E-state index in [9.17, 15) is 0 Å². The predicted molar refractivity (Wildman–Crippen MR) is 129 cm³/mol. The van der Waals surface area contributed by atoms with E-state index in [4.69, 9.17) is 4.99 Å². The number of likely N-dealkylation sites (N-methyl/N-ethyl adjacent to an activating group) is 1. The fourth-order valence-electron chi connectivity index (χ4n) is 3.89. The minimum Gasteiger partial charge on any atom is -0.357 e. The van der Waals surface area contributed by atoms with Gasteiger partial charge < -0.3 is 20.0 Å². The molecule has 1 aromatic rings. The van der Waals surface area contributed by atoms with E-state index in [0.29, 0.717) is 0 Å². The summed E-state index contributed by atoms with van der Waals surface area (Å²) in [5.74, 6) is 2.02. The minimum atomic E-state index is 0. The summed E-state index contributed by atoms with van der Waals surface area (Å²) in [5, 5.41) is 4.54. The van der Waals surface area contributed by atoms with E-state index in [1.165, 1.54) is 37.2 Å². The molecule has 0 radical (unpaired) electrons. The van der Waals surface area contributed by atoms with Crippen LogP contribution in [0.5, 0.6) is 0 Å². The van der Waals surface area contributed by atoms with Gasteiger partial charge in [0.1, 0.15) is 5.82 Å². The van der Waals surface area contributed by atoms with Crippen LogP contribution in [0, 0.1) is 0 Å². The van der Waals surface area contributed by atoms with Gasteiger partial charge in [-0.25, -0.2) is 4.98 Å². The van der Waals surface area contributed by atoms with Crippen LogP contribution in [0.15, 0.2) is 4.99 Å². The fraction of sp³-hybridized carbons (Fsp3) is 0.842. The number of piperazine rings is 1. The molecule has 9 heteroatoms. The lowest BCUT2D eigenvalue weighted by atomic mass is 10.2. The number of nitrogens with zero attached hydrogens (tertiary/aromatic N) is 6. The van der Waals surface area contributed by atoms with Crippen LogP contribution in [0.2, 0.25) is 0 Å². The van der Waals surface area contributed by atoms with E-state index < -0.39 is 0 Å². The van der Waals surface area contributed by atoms with Crippen LogP contribution in [0.25, 0.3) is 0 Å². The third-order valence-electron chi connectivity index (χ3n) is 5.62. The maximum Gasteiger partial charge on any atom is 0.205 e. The fourth-order valence-corrected chi connectivity index (χ4v) is 4.69. The smallest absolute Gasteiger partial charge is 0.205 e. The zero-order chi connectivity index (χ0) is 19.1. The summed E-state index contributed by atoms with van der Waals surface area (Å²) in [6, 6.07) is 0.770. The highest BCUT2D eigenvalue weighted by atomic mass is 127. The summed E-state index contributed by atoms with van der Waals surface area (Å²) in [6.45, 7) is 11.0. The molecule has 1 aromatic heterocycles. The van der Waals surface area contributed by atoms with E-state index in [-0.39, 0.29) is 24.0 Å². The first-order valence-corrected chi connectivity index (χ1v) is 11.3. The van der Waals surface area contributed by atoms with E-state index >= 15 is 0 Å². The molecular formula is C19H36IN7S. The topological polar surface area (TPSA) is 59.9 Å². The van der Waals surface area contributed by atoms with Gasteiger partial charge in [0, 0.05) is 63.3 Å². The molecule has 2 aliphatic rings. The van der Waals surface area contributed by atoms with Crippen molar-refractivity contribution in [3.8, 4) is 0 Å². The average Bonchev–Trinajstić information content (AvgIpc) is 3.39. The van der Waals surface area contributed by atoms with Crippen molar-refractivity contribution < 1.29 is 0 Å². The zero-order valence-electron chi connectivity index (χ0n) is 17.6. The summed E-state index contributed by atoms with van der Waals surface area (Å²) in [6.07, 6.45) is 6.39. The van der Waals surface area contributed by atoms with Crippen LogP contribution in [-0.4, -0.2) is 84.0 Å². The number of guanidine groups is 1. The lowest BCUT2D eigenvalue weighted by Gasteiger charge is -2.36. The Balaban J connectivity index is 0.00000280. The lowest BCUT2D eigenvalue weighted by molar-refractivity contribution is 0.252. The Morgan fingerprint density at radius 3 is 2.54 bits per heavy atom. The molecule has 0 spiro atoms. The third-order valence-corrected chi connectivity index (χ3v) is 6.44. The second kappa shape index (κ2) is 12.1. The van der Waals surface area contributed by atoms with Crippen LogP contribution in [0.3, 0.4) is 0 Å². The van der Waals surface area contributed by atoms with Crippen LogP contribution >= 0.6 is 35.5 Å². The summed E-state index contributed by atoms with van der Waals surface area (Å²) in [5.41, 5.74) is 0. The molecule has 2 heterocycles. The molecule has 0 atom stereocenters. The van der Waals surface area contributed by atoms with Crippen molar-refractivity contribution in [3.05, 3.63) is 5.82 Å². The maximum absolute atomic E-state index is 4.91. The van der Waals surface area contributed by atoms with Crippen LogP contribution in [0.4, 0.5) is 5.13 Å². The molecule has 7 nitrogen and oxygen atoms in total. The van der Waals surface area contributed by atoms with Crippen LogP contribution in [0.1, 0.15) is 45.4 Å². The summed E-state index contributed by atoms with van der Waals surface area (Å²) in [4.78, 5) is 16.8. The number of hydrogen-bond acceptors (Lipinski definition) is 6. The zero-order valence-corrected chi connectivity index (χ0v) is 20.7. The molecular weight excluding hydrogens is 485 g/mol. The normalized spacial score (nSPS) is 18.6. The van der Waals surface area contributed by atoms with Gasteiger partial charge in [-0.2, -0.15) is 4.37 Å². The molecule has 0 bridgehead atoms. The molecule has 0 amide bonds. The van der Waals surface area contributed by atoms with Crippen molar-refractivity contribution >= 4 is 46.6 Å². The standard InChI is InChI=1S/C19H35N7S.HI/c1-4-17-22-19(27-23-17)26-14-12-25(13-15-26)18(20-5-2)21-10-11-24(3)16-8-6-7-9-16;/h16H,4-15H2,1-3H3,(H,20,21);1H. The Morgan fingerprint density at radius 2 is 1.93 bits per heavy atom. The second-order valence-corrected chi connectivity index (χ2v) is 8.21. The quantitative estimate of drug-likeness (QED) is 0.338. The van der Waals surface area contributed by atoms with Gasteiger partial charge in [0.05, 0.1) is 6.54 Å². The number of aromatic nitrogens is 2. The molecule has 1 aliphatic heterocycles. The van der Waals surface area contributed by atoms with Crippen molar-refractivity contribution in [2.24, 2.45) is 4.99 Å². The number of hydrogen-bond donors (Lipinski definition) is 1. The van der Waals surface area contributed by atoms with Gasteiger partial charge in [0.15, 0.2) is 5.96 Å². The molecule has 2 fully saturated rings. The molecule has 160 valence electrons. The van der Waals surface area contributed by atoms with E-state index in [0.717, 1.165) is 75.2 Å². The average molecular weight is 522 g/mol. The Kier molecular flexibility index (Phi) is 10.2. The Hall–Kier alpha value is -0.680. The number of nitrogens with one attached hydrogen (secondary N) is 1. The number of rotatable bonds is 7. The van der Waals surface area contributed by atoms with Gasteiger partial charge in [-0.05, 0) is 26.8 Å². The van der Waals surface area contributed by atoms with Gasteiger partial charge >= 0.3 is 0 Å². The Labute approximate surface area is 191 Å². The predicted octanol–water partition coefficient (Wildman–Crippen LogP) is 2.68. The van der Waals surface area contributed by atoms with Gasteiger partial charge in [0.2, 0.25) is 5.13 Å². The van der Waals surface area contributed by atoms with Crippen molar-refractivity contribution in [1.29, 1.82) is 0 Å². The number of aryl methyl sites for hydroxylation is 1. The highest BCUT2D eigenvalue weighted by Gasteiger charge is 2.22.